The predicted octanol–water partition coefficient (Wildman–Crippen LogP) is 5.35. The van der Waals surface area contributed by atoms with Gasteiger partial charge in [0.25, 0.3) is 5.91 Å². The SMILES string of the molecule is Cn1nc(-c2ccccc2F)c2cc(C(=O)Nc3cccc(Cl)c3)sc21. The molecule has 0 saturated heterocycles. The molecular formula is C19H13ClFN3OS. The number of carbonyl (C=O) groups excluding carboxylic acids is 1. The number of anilines is 1. The van der Waals surface area contributed by atoms with E-state index < -0.39 is 0 Å². The van der Waals surface area contributed by atoms with Crippen LogP contribution in [0.15, 0.2) is 54.6 Å². The molecule has 130 valence electrons. The highest BCUT2D eigenvalue weighted by Gasteiger charge is 2.19. The lowest BCUT2D eigenvalue weighted by Crippen LogP contribution is -2.09. The lowest BCUT2D eigenvalue weighted by Gasteiger charge is -2.03. The summed E-state index contributed by atoms with van der Waals surface area (Å²) >= 11 is 7.26. The van der Waals surface area contributed by atoms with Crippen molar-refractivity contribution in [2.75, 3.05) is 5.32 Å². The van der Waals surface area contributed by atoms with E-state index in [0.717, 1.165) is 10.2 Å². The smallest absolute Gasteiger partial charge is 0.265 e. The number of hydrogen-bond donors (Lipinski definition) is 1. The molecule has 0 bridgehead atoms. The Balaban J connectivity index is 1.73. The van der Waals surface area contributed by atoms with Crippen LogP contribution in [0.25, 0.3) is 21.5 Å². The summed E-state index contributed by atoms with van der Waals surface area (Å²) in [4.78, 5) is 13.9. The van der Waals surface area contributed by atoms with Crippen molar-refractivity contribution in [2.24, 2.45) is 7.05 Å². The second kappa shape index (κ2) is 6.55. The van der Waals surface area contributed by atoms with Gasteiger partial charge in [-0.05, 0) is 36.4 Å². The molecule has 0 aliphatic carbocycles. The molecule has 0 radical (unpaired) electrons. The lowest BCUT2D eigenvalue weighted by molar-refractivity contribution is 0.103. The van der Waals surface area contributed by atoms with Crippen LogP contribution in [-0.4, -0.2) is 15.7 Å². The van der Waals surface area contributed by atoms with Gasteiger partial charge in [0.15, 0.2) is 0 Å². The van der Waals surface area contributed by atoms with Gasteiger partial charge >= 0.3 is 0 Å². The molecule has 0 aliphatic rings. The zero-order valence-corrected chi connectivity index (χ0v) is 15.2. The molecule has 4 aromatic rings. The first kappa shape index (κ1) is 16.8. The van der Waals surface area contributed by atoms with Gasteiger partial charge in [0, 0.05) is 28.7 Å². The minimum atomic E-state index is -0.344. The molecular weight excluding hydrogens is 373 g/mol. The lowest BCUT2D eigenvalue weighted by atomic mass is 10.1. The number of halogens is 2. The average molecular weight is 386 g/mol. The molecule has 0 unspecified atom stereocenters. The van der Waals surface area contributed by atoms with E-state index in [4.69, 9.17) is 11.6 Å². The number of benzene rings is 2. The van der Waals surface area contributed by atoms with E-state index in [1.54, 1.807) is 60.3 Å². The van der Waals surface area contributed by atoms with Crippen LogP contribution in [-0.2, 0) is 7.05 Å². The third-order valence-corrected chi connectivity index (χ3v) is 5.38. The Morgan fingerprint density at radius 2 is 2.00 bits per heavy atom. The van der Waals surface area contributed by atoms with E-state index >= 15 is 0 Å². The summed E-state index contributed by atoms with van der Waals surface area (Å²) in [5.74, 6) is -0.587. The van der Waals surface area contributed by atoms with Crippen molar-refractivity contribution in [3.8, 4) is 11.3 Å². The van der Waals surface area contributed by atoms with Gasteiger partial charge in [-0.3, -0.25) is 9.48 Å². The molecule has 7 heteroatoms. The third-order valence-electron chi connectivity index (χ3n) is 3.95. The van der Waals surface area contributed by atoms with Gasteiger partial charge < -0.3 is 5.32 Å². The second-order valence-corrected chi connectivity index (χ2v) is 7.21. The van der Waals surface area contributed by atoms with Crippen LogP contribution in [0.4, 0.5) is 10.1 Å². The topological polar surface area (TPSA) is 46.9 Å². The number of aryl methyl sites for hydroxylation is 1. The maximum atomic E-state index is 14.2. The summed E-state index contributed by atoms with van der Waals surface area (Å²) in [6.07, 6.45) is 0. The summed E-state index contributed by atoms with van der Waals surface area (Å²) in [7, 11) is 1.78. The highest BCUT2D eigenvalue weighted by Crippen LogP contribution is 2.35. The highest BCUT2D eigenvalue weighted by molar-refractivity contribution is 7.20. The van der Waals surface area contributed by atoms with Crippen molar-refractivity contribution in [1.29, 1.82) is 0 Å². The van der Waals surface area contributed by atoms with E-state index in [1.165, 1.54) is 17.4 Å². The number of rotatable bonds is 3. The van der Waals surface area contributed by atoms with Crippen LogP contribution in [0.5, 0.6) is 0 Å². The molecule has 1 N–H and O–H groups in total. The fourth-order valence-electron chi connectivity index (χ4n) is 2.76. The first-order chi connectivity index (χ1) is 12.5. The summed E-state index contributed by atoms with van der Waals surface area (Å²) in [6.45, 7) is 0. The largest absolute Gasteiger partial charge is 0.321 e. The van der Waals surface area contributed by atoms with Crippen molar-refractivity contribution in [1.82, 2.24) is 9.78 Å². The van der Waals surface area contributed by atoms with Crippen LogP contribution in [0.2, 0.25) is 5.02 Å². The molecule has 2 heterocycles. The molecule has 26 heavy (non-hydrogen) atoms. The molecule has 0 aliphatic heterocycles. The average Bonchev–Trinajstić information content (AvgIpc) is 3.17. The van der Waals surface area contributed by atoms with Crippen LogP contribution in [0, 0.1) is 5.82 Å². The van der Waals surface area contributed by atoms with Crippen molar-refractivity contribution in [3.05, 3.63) is 70.3 Å². The van der Waals surface area contributed by atoms with Gasteiger partial charge in [-0.15, -0.1) is 11.3 Å². The van der Waals surface area contributed by atoms with Crippen molar-refractivity contribution < 1.29 is 9.18 Å². The number of carbonyl (C=O) groups is 1. The van der Waals surface area contributed by atoms with Gasteiger partial charge in [0.05, 0.1) is 4.88 Å². The van der Waals surface area contributed by atoms with Gasteiger partial charge in [0.2, 0.25) is 0 Å². The van der Waals surface area contributed by atoms with E-state index in [-0.39, 0.29) is 11.7 Å². The Kier molecular flexibility index (Phi) is 4.22. The number of hydrogen-bond acceptors (Lipinski definition) is 3. The van der Waals surface area contributed by atoms with Crippen molar-refractivity contribution >= 4 is 44.7 Å². The molecule has 4 nitrogen and oxygen atoms in total. The maximum Gasteiger partial charge on any atom is 0.265 e. The normalized spacial score (nSPS) is 11.0. The molecule has 2 aromatic carbocycles. The minimum Gasteiger partial charge on any atom is -0.321 e. The molecule has 0 fully saturated rings. The van der Waals surface area contributed by atoms with E-state index in [0.29, 0.717) is 26.8 Å². The summed E-state index contributed by atoms with van der Waals surface area (Å²) in [5, 5.41) is 8.53. The Bertz CT molecular complexity index is 1130. The summed E-state index contributed by atoms with van der Waals surface area (Å²) in [6, 6.07) is 15.2. The fourth-order valence-corrected chi connectivity index (χ4v) is 3.92. The van der Waals surface area contributed by atoms with Gasteiger partial charge in [0.1, 0.15) is 16.3 Å². The number of amides is 1. The minimum absolute atomic E-state index is 0.243. The zero-order chi connectivity index (χ0) is 18.3. The van der Waals surface area contributed by atoms with E-state index in [1.807, 2.05) is 0 Å². The van der Waals surface area contributed by atoms with Crippen LogP contribution in [0.3, 0.4) is 0 Å². The van der Waals surface area contributed by atoms with Crippen LogP contribution < -0.4 is 5.32 Å². The quantitative estimate of drug-likeness (QED) is 0.517. The number of thiophene rings is 1. The standard InChI is InChI=1S/C19H13ClFN3OS/c1-24-19-14(17(23-24)13-7-2-3-8-15(13)21)10-16(26-19)18(25)22-12-6-4-5-11(20)9-12/h2-10H,1H3,(H,22,25). The molecule has 0 saturated carbocycles. The first-order valence-electron chi connectivity index (χ1n) is 7.81. The van der Waals surface area contributed by atoms with E-state index in [2.05, 4.69) is 10.4 Å². The molecule has 0 atom stereocenters. The predicted molar refractivity (Wildman–Crippen MR) is 103 cm³/mol. The third kappa shape index (κ3) is 2.98. The number of nitrogens with zero attached hydrogens (tertiary/aromatic N) is 2. The molecule has 0 spiro atoms. The van der Waals surface area contributed by atoms with Gasteiger partial charge in [-0.25, -0.2) is 4.39 Å². The van der Waals surface area contributed by atoms with Crippen molar-refractivity contribution in [2.45, 2.75) is 0 Å². The summed E-state index contributed by atoms with van der Waals surface area (Å²) in [5.41, 5.74) is 1.56. The monoisotopic (exact) mass is 385 g/mol. The Morgan fingerprint density at radius 3 is 2.77 bits per heavy atom. The number of fused-ring (bicyclic) bond motifs is 1. The molecule has 2 aromatic heterocycles. The van der Waals surface area contributed by atoms with Gasteiger partial charge in [-0.2, -0.15) is 5.10 Å². The Labute approximate surface area is 157 Å². The highest BCUT2D eigenvalue weighted by atomic mass is 35.5. The van der Waals surface area contributed by atoms with Crippen molar-refractivity contribution in [3.63, 3.8) is 0 Å². The van der Waals surface area contributed by atoms with Crippen LogP contribution in [0.1, 0.15) is 9.67 Å². The number of aromatic nitrogens is 2. The Hall–Kier alpha value is -2.70. The zero-order valence-electron chi connectivity index (χ0n) is 13.7. The van der Waals surface area contributed by atoms with Crippen LogP contribution >= 0.6 is 22.9 Å². The van der Waals surface area contributed by atoms with E-state index in [9.17, 15) is 9.18 Å². The Morgan fingerprint density at radius 1 is 1.19 bits per heavy atom. The molecule has 4 rings (SSSR count). The number of nitrogens with one attached hydrogen (secondary N) is 1. The summed E-state index contributed by atoms with van der Waals surface area (Å²) < 4.78 is 15.8. The maximum absolute atomic E-state index is 14.2. The second-order valence-electron chi connectivity index (χ2n) is 5.75. The van der Waals surface area contributed by atoms with Gasteiger partial charge in [-0.1, -0.05) is 29.8 Å². The molecule has 1 amide bonds. The fraction of sp³-hybridized carbons (Fsp3) is 0.0526. The first-order valence-corrected chi connectivity index (χ1v) is 9.01.